The van der Waals surface area contributed by atoms with Crippen LogP contribution in [0.5, 0.6) is 0 Å². The highest BCUT2D eigenvalue weighted by molar-refractivity contribution is 5.17. The minimum atomic E-state index is -0.148. The van der Waals surface area contributed by atoms with E-state index < -0.39 is 0 Å². The molecule has 90 valence electrons. The molecule has 0 fully saturated rings. The van der Waals surface area contributed by atoms with E-state index in [4.69, 9.17) is 0 Å². The summed E-state index contributed by atoms with van der Waals surface area (Å²) in [6, 6.07) is 7.36. The van der Waals surface area contributed by atoms with Crippen molar-refractivity contribution < 1.29 is 4.39 Å². The molecule has 2 heteroatoms. The van der Waals surface area contributed by atoms with Crippen LogP contribution in [-0.4, -0.2) is 12.6 Å². The maximum Gasteiger partial charge on any atom is 0.123 e. The van der Waals surface area contributed by atoms with Crippen LogP contribution in [0.4, 0.5) is 4.39 Å². The fraction of sp³-hybridized carbons (Fsp3) is 0.571. The number of hydrogen-bond donors (Lipinski definition) is 1. The summed E-state index contributed by atoms with van der Waals surface area (Å²) < 4.78 is 13.0. The Morgan fingerprint density at radius 3 is 2.56 bits per heavy atom. The van der Waals surface area contributed by atoms with Gasteiger partial charge in [-0.2, -0.15) is 0 Å². The van der Waals surface area contributed by atoms with Crippen molar-refractivity contribution in [2.45, 2.75) is 40.2 Å². The summed E-state index contributed by atoms with van der Waals surface area (Å²) in [5.41, 5.74) is 1.22. The van der Waals surface area contributed by atoms with Crippen molar-refractivity contribution in [1.82, 2.24) is 5.32 Å². The molecule has 0 unspecified atom stereocenters. The van der Waals surface area contributed by atoms with Crippen LogP contribution in [0.1, 0.15) is 33.3 Å². The molecule has 1 nitrogen and oxygen atoms in total. The smallest absolute Gasteiger partial charge is 0.123 e. The highest BCUT2D eigenvalue weighted by Gasteiger charge is 2.18. The predicted molar refractivity (Wildman–Crippen MR) is 67.0 cm³/mol. The summed E-state index contributed by atoms with van der Waals surface area (Å²) in [4.78, 5) is 0. The Labute approximate surface area is 98.1 Å². The van der Waals surface area contributed by atoms with Gasteiger partial charge in [0.15, 0.2) is 0 Å². The first-order valence-corrected chi connectivity index (χ1v) is 5.87. The zero-order valence-corrected chi connectivity index (χ0v) is 10.7. The summed E-state index contributed by atoms with van der Waals surface area (Å²) in [5, 5.41) is 3.43. The Bertz CT molecular complexity index is 331. The first kappa shape index (κ1) is 13.2. The van der Waals surface area contributed by atoms with E-state index in [9.17, 15) is 4.39 Å². The molecule has 0 spiro atoms. The van der Waals surface area contributed by atoms with E-state index in [2.05, 4.69) is 33.0 Å². The molecule has 0 aliphatic heterocycles. The second kappa shape index (κ2) is 5.44. The maximum atomic E-state index is 13.0. The first-order chi connectivity index (χ1) is 7.39. The number of hydrogen-bond acceptors (Lipinski definition) is 1. The Morgan fingerprint density at radius 2 is 2.00 bits per heavy atom. The molecule has 0 radical (unpaired) electrons. The lowest BCUT2D eigenvalue weighted by Gasteiger charge is -2.26. The van der Waals surface area contributed by atoms with Gasteiger partial charge in [0.05, 0.1) is 0 Å². The Morgan fingerprint density at radius 1 is 1.31 bits per heavy atom. The molecule has 0 aliphatic carbocycles. The third-order valence-corrected chi connectivity index (χ3v) is 2.56. The van der Waals surface area contributed by atoms with Crippen LogP contribution in [-0.2, 0) is 6.42 Å². The monoisotopic (exact) mass is 223 g/mol. The van der Waals surface area contributed by atoms with E-state index in [1.165, 1.54) is 6.07 Å². The topological polar surface area (TPSA) is 12.0 Å². The maximum absolute atomic E-state index is 13.0. The molecular weight excluding hydrogens is 201 g/mol. The lowest BCUT2D eigenvalue weighted by Crippen LogP contribution is -2.35. The SMILES string of the molecule is CC(C)NCC(C)(C)Cc1cccc(F)c1. The van der Waals surface area contributed by atoms with Crippen molar-refractivity contribution >= 4 is 0 Å². The fourth-order valence-corrected chi connectivity index (χ4v) is 1.74. The molecule has 0 amide bonds. The number of rotatable bonds is 5. The van der Waals surface area contributed by atoms with Gasteiger partial charge in [-0.05, 0) is 29.5 Å². The van der Waals surface area contributed by atoms with Gasteiger partial charge in [0.1, 0.15) is 5.82 Å². The van der Waals surface area contributed by atoms with Crippen LogP contribution in [0.15, 0.2) is 24.3 Å². The summed E-state index contributed by atoms with van der Waals surface area (Å²) in [6.45, 7) is 9.62. The Kier molecular flexibility index (Phi) is 4.48. The van der Waals surface area contributed by atoms with Crippen LogP contribution < -0.4 is 5.32 Å². The van der Waals surface area contributed by atoms with Gasteiger partial charge in [0.25, 0.3) is 0 Å². The van der Waals surface area contributed by atoms with Crippen LogP contribution >= 0.6 is 0 Å². The van der Waals surface area contributed by atoms with E-state index in [-0.39, 0.29) is 11.2 Å². The zero-order chi connectivity index (χ0) is 12.2. The molecule has 0 heterocycles. The fourth-order valence-electron chi connectivity index (χ4n) is 1.74. The molecule has 1 N–H and O–H groups in total. The summed E-state index contributed by atoms with van der Waals surface area (Å²) in [6.07, 6.45) is 0.893. The number of nitrogens with one attached hydrogen (secondary N) is 1. The van der Waals surface area contributed by atoms with Gasteiger partial charge in [-0.25, -0.2) is 4.39 Å². The summed E-state index contributed by atoms with van der Waals surface area (Å²) in [5.74, 6) is -0.148. The molecular formula is C14H22FN. The Hall–Kier alpha value is -0.890. The first-order valence-electron chi connectivity index (χ1n) is 5.87. The van der Waals surface area contributed by atoms with Crippen molar-refractivity contribution in [2.75, 3.05) is 6.54 Å². The third-order valence-electron chi connectivity index (χ3n) is 2.56. The Balaban J connectivity index is 2.58. The number of benzene rings is 1. The van der Waals surface area contributed by atoms with E-state index in [0.717, 1.165) is 18.5 Å². The number of halogens is 1. The average Bonchev–Trinajstić information content (AvgIpc) is 2.14. The molecule has 0 saturated heterocycles. The molecule has 1 rings (SSSR count). The lowest BCUT2D eigenvalue weighted by atomic mass is 9.85. The highest BCUT2D eigenvalue weighted by atomic mass is 19.1. The highest BCUT2D eigenvalue weighted by Crippen LogP contribution is 2.21. The van der Waals surface area contributed by atoms with Gasteiger partial charge >= 0.3 is 0 Å². The second-order valence-electron chi connectivity index (χ2n) is 5.51. The van der Waals surface area contributed by atoms with Crippen LogP contribution in [0.3, 0.4) is 0 Å². The minimum Gasteiger partial charge on any atom is -0.314 e. The lowest BCUT2D eigenvalue weighted by molar-refractivity contribution is 0.325. The second-order valence-corrected chi connectivity index (χ2v) is 5.51. The zero-order valence-electron chi connectivity index (χ0n) is 10.7. The van der Waals surface area contributed by atoms with Crippen molar-refractivity contribution in [3.63, 3.8) is 0 Å². The molecule has 16 heavy (non-hydrogen) atoms. The van der Waals surface area contributed by atoms with Gasteiger partial charge < -0.3 is 5.32 Å². The van der Waals surface area contributed by atoms with Crippen molar-refractivity contribution in [3.8, 4) is 0 Å². The van der Waals surface area contributed by atoms with Gasteiger partial charge in [0.2, 0.25) is 0 Å². The van der Waals surface area contributed by atoms with E-state index in [0.29, 0.717) is 6.04 Å². The molecule has 0 aromatic heterocycles. The third kappa shape index (κ3) is 4.75. The summed E-state index contributed by atoms with van der Waals surface area (Å²) >= 11 is 0. The van der Waals surface area contributed by atoms with Gasteiger partial charge in [-0.3, -0.25) is 0 Å². The standard InChI is InChI=1S/C14H22FN/c1-11(2)16-10-14(3,4)9-12-6-5-7-13(15)8-12/h5-8,11,16H,9-10H2,1-4H3. The average molecular weight is 223 g/mol. The quantitative estimate of drug-likeness (QED) is 0.806. The molecule has 0 aliphatic rings. The largest absolute Gasteiger partial charge is 0.314 e. The molecule has 1 aromatic carbocycles. The normalized spacial score (nSPS) is 12.1. The molecule has 0 atom stereocenters. The van der Waals surface area contributed by atoms with Gasteiger partial charge in [-0.1, -0.05) is 39.8 Å². The minimum absolute atomic E-state index is 0.148. The molecule has 0 bridgehead atoms. The molecule has 0 saturated carbocycles. The molecule has 1 aromatic rings. The predicted octanol–water partition coefficient (Wildman–Crippen LogP) is 3.39. The van der Waals surface area contributed by atoms with E-state index in [1.54, 1.807) is 12.1 Å². The van der Waals surface area contributed by atoms with Crippen molar-refractivity contribution in [3.05, 3.63) is 35.6 Å². The summed E-state index contributed by atoms with van der Waals surface area (Å²) in [7, 11) is 0. The van der Waals surface area contributed by atoms with Gasteiger partial charge in [0, 0.05) is 12.6 Å². The van der Waals surface area contributed by atoms with Gasteiger partial charge in [-0.15, -0.1) is 0 Å². The van der Waals surface area contributed by atoms with Crippen LogP contribution in [0.25, 0.3) is 0 Å². The van der Waals surface area contributed by atoms with Crippen molar-refractivity contribution in [1.29, 1.82) is 0 Å². The van der Waals surface area contributed by atoms with E-state index >= 15 is 0 Å². The van der Waals surface area contributed by atoms with Crippen LogP contribution in [0.2, 0.25) is 0 Å². The van der Waals surface area contributed by atoms with Crippen molar-refractivity contribution in [2.24, 2.45) is 5.41 Å². The van der Waals surface area contributed by atoms with E-state index in [1.807, 2.05) is 6.07 Å². The van der Waals surface area contributed by atoms with Crippen LogP contribution in [0, 0.1) is 11.2 Å².